The van der Waals surface area contributed by atoms with Crippen LogP contribution in [0.3, 0.4) is 0 Å². The Hall–Kier alpha value is -2.29. The Morgan fingerprint density at radius 1 is 1.24 bits per heavy atom. The summed E-state index contributed by atoms with van der Waals surface area (Å²) in [5.41, 5.74) is 1.02. The van der Waals surface area contributed by atoms with Crippen LogP contribution in [0.5, 0.6) is 0 Å². The third-order valence-electron chi connectivity index (χ3n) is 3.59. The Morgan fingerprint density at radius 2 is 1.76 bits per heavy atom. The smallest absolute Gasteiger partial charge is 0.475 e. The van der Waals surface area contributed by atoms with Gasteiger partial charge in [0.2, 0.25) is 0 Å². The molecule has 1 aliphatic rings. The first-order chi connectivity index (χ1) is 11.7. The van der Waals surface area contributed by atoms with E-state index in [-0.39, 0.29) is 6.09 Å². The molecule has 1 heterocycles. The lowest BCUT2D eigenvalue weighted by molar-refractivity contribution is -0.192. The fourth-order valence-corrected chi connectivity index (χ4v) is 2.16. The van der Waals surface area contributed by atoms with E-state index >= 15 is 0 Å². The van der Waals surface area contributed by atoms with Crippen molar-refractivity contribution >= 4 is 12.1 Å². The predicted octanol–water partition coefficient (Wildman–Crippen LogP) is 2.64. The Labute approximate surface area is 143 Å². The number of aliphatic carboxylic acids is 1. The maximum atomic E-state index is 11.9. The van der Waals surface area contributed by atoms with Gasteiger partial charge in [-0.05, 0) is 31.5 Å². The number of hydrogen-bond acceptors (Lipinski definition) is 4. The molecule has 1 amide bonds. The van der Waals surface area contributed by atoms with Crippen LogP contribution >= 0.6 is 0 Å². The van der Waals surface area contributed by atoms with E-state index in [0.29, 0.717) is 12.6 Å². The lowest BCUT2D eigenvalue weighted by Gasteiger charge is -2.30. The Bertz CT molecular complexity index is 546. The van der Waals surface area contributed by atoms with Crippen LogP contribution in [0.2, 0.25) is 0 Å². The van der Waals surface area contributed by atoms with Gasteiger partial charge in [0.1, 0.15) is 6.61 Å². The number of benzene rings is 1. The normalized spacial score (nSPS) is 14.9. The number of carbonyl (C=O) groups is 2. The minimum Gasteiger partial charge on any atom is -0.475 e. The van der Waals surface area contributed by atoms with Crippen LogP contribution < -0.4 is 5.32 Å². The number of amides is 1. The fourth-order valence-electron chi connectivity index (χ4n) is 2.16. The predicted molar refractivity (Wildman–Crippen MR) is 84.0 cm³/mol. The summed E-state index contributed by atoms with van der Waals surface area (Å²) in [4.78, 5) is 22.5. The van der Waals surface area contributed by atoms with Crippen LogP contribution in [0, 0.1) is 0 Å². The van der Waals surface area contributed by atoms with E-state index in [2.05, 4.69) is 5.32 Å². The molecule has 1 aliphatic heterocycles. The number of carboxylic acid groups (broad SMARTS) is 1. The number of hydrogen-bond donors (Lipinski definition) is 2. The molecule has 0 atom stereocenters. The molecule has 25 heavy (non-hydrogen) atoms. The third kappa shape index (κ3) is 7.88. The minimum atomic E-state index is -5.08. The van der Waals surface area contributed by atoms with Gasteiger partial charge in [-0.2, -0.15) is 13.2 Å². The average molecular weight is 362 g/mol. The molecule has 0 saturated carbocycles. The van der Waals surface area contributed by atoms with Gasteiger partial charge in [0, 0.05) is 13.1 Å². The lowest BCUT2D eigenvalue weighted by atomic mass is 10.1. The molecule has 9 heteroatoms. The molecule has 0 spiro atoms. The van der Waals surface area contributed by atoms with Crippen LogP contribution in [0.15, 0.2) is 30.3 Å². The summed E-state index contributed by atoms with van der Waals surface area (Å²) in [5, 5.41) is 10.4. The van der Waals surface area contributed by atoms with Crippen molar-refractivity contribution in [3.63, 3.8) is 0 Å². The first kappa shape index (κ1) is 20.8. The third-order valence-corrected chi connectivity index (χ3v) is 3.59. The van der Waals surface area contributed by atoms with Crippen molar-refractivity contribution in [1.82, 2.24) is 10.2 Å². The molecule has 1 saturated heterocycles. The van der Waals surface area contributed by atoms with E-state index < -0.39 is 12.1 Å². The topological polar surface area (TPSA) is 78.9 Å². The number of piperidine rings is 1. The second kappa shape index (κ2) is 9.87. The van der Waals surface area contributed by atoms with Crippen molar-refractivity contribution in [2.75, 3.05) is 20.1 Å². The standard InChI is InChI=1S/C14H20N2O2.C2HF3O2/c1-16(13-7-9-15-10-8-13)14(17)18-11-12-5-3-2-4-6-12;3-2(4,5)1(6)7/h2-6,13,15H,7-11H2,1H3;(H,6,7). The van der Waals surface area contributed by atoms with E-state index in [1.807, 2.05) is 37.4 Å². The summed E-state index contributed by atoms with van der Waals surface area (Å²) < 4.78 is 37.0. The number of rotatable bonds is 3. The first-order valence-electron chi connectivity index (χ1n) is 7.66. The fraction of sp³-hybridized carbons (Fsp3) is 0.500. The largest absolute Gasteiger partial charge is 0.490 e. The van der Waals surface area contributed by atoms with E-state index in [1.165, 1.54) is 0 Å². The number of halogens is 3. The molecule has 140 valence electrons. The number of alkyl halides is 3. The van der Waals surface area contributed by atoms with E-state index in [0.717, 1.165) is 31.5 Å². The van der Waals surface area contributed by atoms with Gasteiger partial charge in [-0.15, -0.1) is 0 Å². The van der Waals surface area contributed by atoms with Crippen molar-refractivity contribution in [3.8, 4) is 0 Å². The number of nitrogens with one attached hydrogen (secondary N) is 1. The summed E-state index contributed by atoms with van der Waals surface area (Å²) in [7, 11) is 1.82. The zero-order valence-corrected chi connectivity index (χ0v) is 13.8. The second-order valence-electron chi connectivity index (χ2n) is 5.44. The van der Waals surface area contributed by atoms with Gasteiger partial charge >= 0.3 is 18.2 Å². The molecule has 0 bridgehead atoms. The van der Waals surface area contributed by atoms with Crippen molar-refractivity contribution in [2.45, 2.75) is 31.7 Å². The first-order valence-corrected chi connectivity index (χ1v) is 7.66. The second-order valence-corrected chi connectivity index (χ2v) is 5.44. The summed E-state index contributed by atoms with van der Waals surface area (Å²) >= 11 is 0. The van der Waals surface area contributed by atoms with Gasteiger partial charge in [-0.1, -0.05) is 30.3 Å². The number of carboxylic acids is 1. The van der Waals surface area contributed by atoms with Gasteiger partial charge in [0.05, 0.1) is 0 Å². The zero-order chi connectivity index (χ0) is 18.9. The molecule has 6 nitrogen and oxygen atoms in total. The highest BCUT2D eigenvalue weighted by Crippen LogP contribution is 2.13. The Kier molecular flexibility index (Phi) is 8.20. The van der Waals surface area contributed by atoms with Crippen LogP contribution in [-0.4, -0.2) is 54.4 Å². The molecule has 0 radical (unpaired) electrons. The molecular weight excluding hydrogens is 341 g/mol. The summed E-state index contributed by atoms with van der Waals surface area (Å²) in [6.07, 6.45) is -3.32. The molecule has 0 unspecified atom stereocenters. The average Bonchev–Trinajstić information content (AvgIpc) is 2.60. The summed E-state index contributed by atoms with van der Waals surface area (Å²) in [5.74, 6) is -2.76. The lowest BCUT2D eigenvalue weighted by Crippen LogP contribution is -2.44. The molecule has 1 aromatic rings. The molecule has 2 N–H and O–H groups in total. The minimum absolute atomic E-state index is 0.231. The molecule has 2 rings (SSSR count). The highest BCUT2D eigenvalue weighted by Gasteiger charge is 2.38. The molecular formula is C16H21F3N2O4. The van der Waals surface area contributed by atoms with E-state index in [1.54, 1.807) is 4.90 Å². The van der Waals surface area contributed by atoms with Gasteiger partial charge in [-0.3, -0.25) is 0 Å². The molecule has 0 aliphatic carbocycles. The van der Waals surface area contributed by atoms with E-state index in [4.69, 9.17) is 14.6 Å². The number of carbonyl (C=O) groups excluding carboxylic acids is 1. The molecule has 0 aromatic heterocycles. The molecule has 1 fully saturated rings. The zero-order valence-electron chi connectivity index (χ0n) is 13.8. The van der Waals surface area contributed by atoms with Gasteiger partial charge in [0.25, 0.3) is 0 Å². The Morgan fingerprint density at radius 3 is 2.24 bits per heavy atom. The van der Waals surface area contributed by atoms with Gasteiger partial charge < -0.3 is 20.1 Å². The summed E-state index contributed by atoms with van der Waals surface area (Å²) in [6, 6.07) is 10.1. The maximum Gasteiger partial charge on any atom is 0.490 e. The number of nitrogens with zero attached hydrogens (tertiary/aromatic N) is 1. The maximum absolute atomic E-state index is 11.9. The van der Waals surface area contributed by atoms with Crippen LogP contribution in [0.4, 0.5) is 18.0 Å². The number of ether oxygens (including phenoxy) is 1. The highest BCUT2D eigenvalue weighted by atomic mass is 19.4. The van der Waals surface area contributed by atoms with Gasteiger partial charge in [0.15, 0.2) is 0 Å². The van der Waals surface area contributed by atoms with Crippen molar-refractivity contribution in [3.05, 3.63) is 35.9 Å². The monoisotopic (exact) mass is 362 g/mol. The van der Waals surface area contributed by atoms with Crippen LogP contribution in [0.1, 0.15) is 18.4 Å². The SMILES string of the molecule is CN(C(=O)OCc1ccccc1)C1CCNCC1.O=C(O)C(F)(F)F. The van der Waals surface area contributed by atoms with Gasteiger partial charge in [-0.25, -0.2) is 9.59 Å². The Balaban J connectivity index is 0.000000381. The quantitative estimate of drug-likeness (QED) is 0.864. The van der Waals surface area contributed by atoms with Crippen molar-refractivity contribution in [1.29, 1.82) is 0 Å². The van der Waals surface area contributed by atoms with Crippen molar-refractivity contribution < 1.29 is 32.6 Å². The van der Waals surface area contributed by atoms with E-state index in [9.17, 15) is 18.0 Å². The van der Waals surface area contributed by atoms with Crippen LogP contribution in [-0.2, 0) is 16.1 Å². The highest BCUT2D eigenvalue weighted by molar-refractivity contribution is 5.73. The summed E-state index contributed by atoms with van der Waals surface area (Å²) in [6.45, 7) is 2.29. The van der Waals surface area contributed by atoms with Crippen molar-refractivity contribution in [2.24, 2.45) is 0 Å². The van der Waals surface area contributed by atoms with Crippen LogP contribution in [0.25, 0.3) is 0 Å². The molecule has 1 aromatic carbocycles.